The van der Waals surface area contributed by atoms with Crippen molar-refractivity contribution in [2.24, 2.45) is 5.10 Å². The Morgan fingerprint density at radius 3 is 2.24 bits per heavy atom. The minimum absolute atomic E-state index is 0.00202. The summed E-state index contributed by atoms with van der Waals surface area (Å²) in [6, 6.07) is 17.0. The van der Waals surface area contributed by atoms with Crippen LogP contribution in [0.1, 0.15) is 11.5 Å². The number of ether oxygens (including phenoxy) is 2. The van der Waals surface area contributed by atoms with E-state index in [4.69, 9.17) is 13.9 Å². The number of non-ortho nitro benzene ring substituents is 1. The molecule has 0 radical (unpaired) electrons. The fraction of sp³-hybridized carbons (Fsp3) is 0.120. The van der Waals surface area contributed by atoms with E-state index < -0.39 is 14.9 Å². The Balaban J connectivity index is 1.53. The van der Waals surface area contributed by atoms with Crippen molar-refractivity contribution in [2.75, 3.05) is 14.2 Å². The Hall–Kier alpha value is -4.71. The van der Waals surface area contributed by atoms with Crippen LogP contribution < -0.4 is 14.3 Å². The van der Waals surface area contributed by atoms with E-state index in [9.17, 15) is 18.5 Å². The lowest BCUT2D eigenvalue weighted by Gasteiger charge is -2.08. The Morgan fingerprint density at radius 1 is 0.973 bits per heavy atom. The minimum Gasteiger partial charge on any atom is -0.493 e. The molecule has 0 saturated heterocycles. The summed E-state index contributed by atoms with van der Waals surface area (Å²) in [6.07, 6.45) is 1.35. The molecule has 4 aromatic rings. The molecule has 0 saturated carbocycles. The number of benzene rings is 3. The fourth-order valence-electron chi connectivity index (χ4n) is 3.50. The highest BCUT2D eigenvalue weighted by Gasteiger charge is 2.18. The maximum atomic E-state index is 12.7. The van der Waals surface area contributed by atoms with Gasteiger partial charge in [-0.25, -0.2) is 9.82 Å². The normalized spacial score (nSPS) is 11.4. The molecule has 1 heterocycles. The lowest BCUT2D eigenvalue weighted by molar-refractivity contribution is -0.384. The van der Waals surface area contributed by atoms with Gasteiger partial charge in [-0.1, -0.05) is 12.1 Å². The predicted octanol–water partition coefficient (Wildman–Crippen LogP) is 4.55. The minimum atomic E-state index is -3.94. The van der Waals surface area contributed by atoms with Gasteiger partial charge in [0.1, 0.15) is 5.69 Å². The van der Waals surface area contributed by atoms with Crippen molar-refractivity contribution in [3.63, 3.8) is 0 Å². The predicted molar refractivity (Wildman–Crippen MR) is 136 cm³/mol. The van der Waals surface area contributed by atoms with Gasteiger partial charge in [-0.3, -0.25) is 10.1 Å². The molecule has 1 N–H and O–H groups in total. The number of aromatic nitrogens is 1. The molecule has 0 bridgehead atoms. The molecule has 0 unspecified atom stereocenters. The highest BCUT2D eigenvalue weighted by Crippen LogP contribution is 2.34. The summed E-state index contributed by atoms with van der Waals surface area (Å²) >= 11 is 0. The van der Waals surface area contributed by atoms with E-state index in [2.05, 4.69) is 14.9 Å². The number of methoxy groups -OCH3 is 2. The number of nitrogens with zero attached hydrogens (tertiary/aromatic N) is 3. The molecule has 0 fully saturated rings. The van der Waals surface area contributed by atoms with Crippen LogP contribution in [0.2, 0.25) is 0 Å². The monoisotopic (exact) mass is 522 g/mol. The first kappa shape index (κ1) is 25.4. The summed E-state index contributed by atoms with van der Waals surface area (Å²) in [7, 11) is -0.920. The summed E-state index contributed by atoms with van der Waals surface area (Å²) in [5.41, 5.74) is 2.25. The van der Waals surface area contributed by atoms with Crippen molar-refractivity contribution in [3.8, 4) is 34.1 Å². The van der Waals surface area contributed by atoms with E-state index in [1.54, 1.807) is 49.4 Å². The second-order valence-corrected chi connectivity index (χ2v) is 9.37. The number of nitro benzene ring substituents is 1. The van der Waals surface area contributed by atoms with E-state index in [-0.39, 0.29) is 10.6 Å². The first-order valence-electron chi connectivity index (χ1n) is 10.8. The number of sulfonamides is 1. The molecule has 0 aliphatic carbocycles. The van der Waals surface area contributed by atoms with Gasteiger partial charge < -0.3 is 13.9 Å². The number of hydrogen-bond donors (Lipinski definition) is 1. The summed E-state index contributed by atoms with van der Waals surface area (Å²) in [5, 5.41) is 14.8. The molecule has 11 nitrogen and oxygen atoms in total. The molecule has 0 aliphatic rings. The van der Waals surface area contributed by atoms with E-state index in [0.29, 0.717) is 45.5 Å². The van der Waals surface area contributed by atoms with Gasteiger partial charge in [-0.15, -0.1) is 0 Å². The molecular formula is C25H22N4O7S. The van der Waals surface area contributed by atoms with Crippen molar-refractivity contribution in [1.82, 2.24) is 9.82 Å². The van der Waals surface area contributed by atoms with E-state index in [1.165, 1.54) is 44.7 Å². The molecule has 0 atom stereocenters. The first-order chi connectivity index (χ1) is 17.7. The second-order valence-electron chi connectivity index (χ2n) is 7.71. The number of hydrazone groups is 1. The summed E-state index contributed by atoms with van der Waals surface area (Å²) in [5.74, 6) is 1.84. The van der Waals surface area contributed by atoms with Crippen molar-refractivity contribution >= 4 is 21.9 Å². The van der Waals surface area contributed by atoms with Gasteiger partial charge in [-0.05, 0) is 48.0 Å². The molecule has 0 spiro atoms. The summed E-state index contributed by atoms with van der Waals surface area (Å²) < 4.78 is 41.6. The number of hydrogen-bond acceptors (Lipinski definition) is 9. The zero-order chi connectivity index (χ0) is 26.6. The third kappa shape index (κ3) is 5.59. The smallest absolute Gasteiger partial charge is 0.276 e. The highest BCUT2D eigenvalue weighted by molar-refractivity contribution is 7.89. The van der Waals surface area contributed by atoms with Crippen molar-refractivity contribution in [3.05, 3.63) is 88.3 Å². The summed E-state index contributed by atoms with van der Waals surface area (Å²) in [6.45, 7) is 1.68. The van der Waals surface area contributed by atoms with Gasteiger partial charge in [0, 0.05) is 30.2 Å². The van der Waals surface area contributed by atoms with Crippen molar-refractivity contribution in [2.45, 2.75) is 11.8 Å². The van der Waals surface area contributed by atoms with Crippen LogP contribution in [0.15, 0.2) is 81.1 Å². The average Bonchev–Trinajstić information content (AvgIpc) is 3.30. The van der Waals surface area contributed by atoms with Crippen LogP contribution in [0.5, 0.6) is 11.5 Å². The van der Waals surface area contributed by atoms with Crippen LogP contribution in [-0.2, 0) is 10.0 Å². The van der Waals surface area contributed by atoms with Gasteiger partial charge in [0.15, 0.2) is 23.1 Å². The Kier molecular flexibility index (Phi) is 7.20. The maximum Gasteiger partial charge on any atom is 0.276 e. The van der Waals surface area contributed by atoms with E-state index in [1.807, 2.05) is 0 Å². The van der Waals surface area contributed by atoms with Crippen LogP contribution in [0, 0.1) is 17.0 Å². The molecule has 1 aromatic heterocycles. The molecule has 3 aromatic carbocycles. The molecule has 12 heteroatoms. The fourth-order valence-corrected chi connectivity index (χ4v) is 4.29. The maximum absolute atomic E-state index is 12.7. The topological polar surface area (TPSA) is 146 Å². The molecule has 190 valence electrons. The van der Waals surface area contributed by atoms with Crippen LogP contribution in [0.3, 0.4) is 0 Å². The zero-order valence-corrected chi connectivity index (χ0v) is 20.9. The quantitative estimate of drug-likeness (QED) is 0.191. The van der Waals surface area contributed by atoms with Crippen LogP contribution >= 0.6 is 0 Å². The zero-order valence-electron chi connectivity index (χ0n) is 20.0. The highest BCUT2D eigenvalue weighted by atomic mass is 32.2. The third-order valence-electron chi connectivity index (χ3n) is 5.31. The number of nitro groups is 1. The Labute approximate surface area is 212 Å². The molecule has 37 heavy (non-hydrogen) atoms. The van der Waals surface area contributed by atoms with Crippen LogP contribution in [-0.4, -0.2) is 38.8 Å². The van der Waals surface area contributed by atoms with E-state index >= 15 is 0 Å². The largest absolute Gasteiger partial charge is 0.493 e. The molecule has 0 amide bonds. The number of rotatable bonds is 9. The third-order valence-corrected chi connectivity index (χ3v) is 6.55. The SMILES string of the molecule is COc1ccc(C=NNS(=O)(=O)c2ccc(-c3nc(C)oc3-c3ccc([N+](=O)[O-])cc3)cc2)cc1OC. The van der Waals surface area contributed by atoms with Gasteiger partial charge in [-0.2, -0.15) is 13.5 Å². The van der Waals surface area contributed by atoms with Crippen LogP contribution in [0.4, 0.5) is 5.69 Å². The van der Waals surface area contributed by atoms with Gasteiger partial charge >= 0.3 is 0 Å². The van der Waals surface area contributed by atoms with Gasteiger partial charge in [0.2, 0.25) is 0 Å². The van der Waals surface area contributed by atoms with Crippen molar-refractivity contribution in [1.29, 1.82) is 0 Å². The Morgan fingerprint density at radius 2 is 1.62 bits per heavy atom. The lowest BCUT2D eigenvalue weighted by Crippen LogP contribution is -2.18. The molecular weight excluding hydrogens is 500 g/mol. The Bertz CT molecular complexity index is 1560. The number of aryl methyl sites for hydroxylation is 1. The average molecular weight is 523 g/mol. The molecule has 0 aliphatic heterocycles. The van der Waals surface area contributed by atoms with Gasteiger partial charge in [0.05, 0.1) is 30.3 Å². The summed E-state index contributed by atoms with van der Waals surface area (Å²) in [4.78, 5) is 17.0. The van der Waals surface area contributed by atoms with Crippen molar-refractivity contribution < 1.29 is 27.2 Å². The van der Waals surface area contributed by atoms with E-state index in [0.717, 1.165) is 0 Å². The first-order valence-corrected chi connectivity index (χ1v) is 12.3. The number of oxazole rings is 1. The lowest BCUT2D eigenvalue weighted by atomic mass is 10.1. The van der Waals surface area contributed by atoms with Crippen LogP contribution in [0.25, 0.3) is 22.6 Å². The van der Waals surface area contributed by atoms with Gasteiger partial charge in [0.25, 0.3) is 15.7 Å². The standard InChI is InChI=1S/C25H22N4O7S/c1-16-27-24(25(36-16)19-5-9-20(10-6-19)29(30)31)18-7-11-21(12-8-18)37(32,33)28-26-15-17-4-13-22(34-2)23(14-17)35-3/h4-15,28H,1-3H3. The second kappa shape index (κ2) is 10.5. The number of nitrogens with one attached hydrogen (secondary N) is 1. The molecule has 4 rings (SSSR count).